The van der Waals surface area contributed by atoms with Crippen LogP contribution in [0.4, 0.5) is 13.2 Å². The molecule has 3 aromatic rings. The highest BCUT2D eigenvalue weighted by Crippen LogP contribution is 2.30. The van der Waals surface area contributed by atoms with Crippen LogP contribution in [0.3, 0.4) is 0 Å². The molecule has 1 saturated heterocycles. The molecule has 1 fully saturated rings. The highest BCUT2D eigenvalue weighted by Gasteiger charge is 2.33. The zero-order chi connectivity index (χ0) is 22.2. The minimum atomic E-state index is -4.54. The van der Waals surface area contributed by atoms with E-state index in [0.717, 1.165) is 35.0 Å². The van der Waals surface area contributed by atoms with Gasteiger partial charge in [-0.1, -0.05) is 12.1 Å². The number of fused-ring (bicyclic) bond motifs is 1. The summed E-state index contributed by atoms with van der Waals surface area (Å²) in [6.07, 6.45) is -1.28. The lowest BCUT2D eigenvalue weighted by Crippen LogP contribution is -2.50. The first-order chi connectivity index (χ1) is 14.7. The Bertz CT molecular complexity index is 1220. The Hall–Kier alpha value is -2.69. The van der Waals surface area contributed by atoms with Crippen LogP contribution in [-0.4, -0.2) is 54.7 Å². The van der Waals surface area contributed by atoms with Gasteiger partial charge in [-0.2, -0.15) is 17.5 Å². The zero-order valence-corrected chi connectivity index (χ0v) is 18.3. The first-order valence-corrected chi connectivity index (χ1v) is 10.9. The number of carbonyl (C=O) groups excluding carboxylic acids is 1. The number of benzene rings is 2. The van der Waals surface area contributed by atoms with Crippen LogP contribution in [0, 0.1) is 0 Å². The predicted octanol–water partition coefficient (Wildman–Crippen LogP) is 3.82. The van der Waals surface area contributed by atoms with Crippen LogP contribution in [0.5, 0.6) is 0 Å². The van der Waals surface area contributed by atoms with Gasteiger partial charge in [-0.05, 0) is 41.8 Å². The number of rotatable bonds is 3. The van der Waals surface area contributed by atoms with Gasteiger partial charge < -0.3 is 4.90 Å². The van der Waals surface area contributed by atoms with Crippen molar-refractivity contribution in [3.63, 3.8) is 0 Å². The summed E-state index contributed by atoms with van der Waals surface area (Å²) in [5.41, 5.74) is -0.420. The van der Waals surface area contributed by atoms with E-state index in [2.05, 4.69) is 4.98 Å². The first kappa shape index (κ1) is 24.0. The number of nitrogens with zero attached hydrogens (tertiary/aromatic N) is 3. The van der Waals surface area contributed by atoms with E-state index < -0.39 is 21.8 Å². The van der Waals surface area contributed by atoms with Crippen molar-refractivity contribution >= 4 is 39.1 Å². The third kappa shape index (κ3) is 4.57. The summed E-state index contributed by atoms with van der Waals surface area (Å²) in [5, 5.41) is 1.60. The maximum Gasteiger partial charge on any atom is 0.416 e. The second kappa shape index (κ2) is 9.05. The number of piperazine rings is 1. The quantitative estimate of drug-likeness (QED) is 0.565. The molecule has 32 heavy (non-hydrogen) atoms. The summed E-state index contributed by atoms with van der Waals surface area (Å²) in [5.74, 6) is -0.217. The molecule has 0 saturated carbocycles. The summed E-state index contributed by atoms with van der Waals surface area (Å²) in [4.78, 5) is 18.4. The van der Waals surface area contributed by atoms with Crippen LogP contribution in [0.25, 0.3) is 10.8 Å². The van der Waals surface area contributed by atoms with Gasteiger partial charge in [0.1, 0.15) is 0 Å². The van der Waals surface area contributed by atoms with Crippen molar-refractivity contribution < 1.29 is 26.4 Å². The number of carbonyl (C=O) groups is 1. The van der Waals surface area contributed by atoms with Gasteiger partial charge in [0.05, 0.1) is 10.5 Å². The van der Waals surface area contributed by atoms with E-state index in [1.54, 1.807) is 35.5 Å². The van der Waals surface area contributed by atoms with E-state index in [-0.39, 0.29) is 49.4 Å². The van der Waals surface area contributed by atoms with Crippen molar-refractivity contribution in [1.82, 2.24) is 14.2 Å². The standard InChI is InChI=1S/C21H18F3N3O3S.ClH/c22-21(23,24)16-4-6-17(7-5-16)31(29,30)27-12-10-26(11-13-27)20(28)18-3-1-2-15-8-9-25-14-19(15)18;/h1-9,14H,10-13H2;1H. The third-order valence-corrected chi connectivity index (χ3v) is 7.17. The Morgan fingerprint density at radius 1 is 0.938 bits per heavy atom. The van der Waals surface area contributed by atoms with E-state index in [4.69, 9.17) is 0 Å². The summed E-state index contributed by atoms with van der Waals surface area (Å²) in [6, 6.07) is 10.6. The average Bonchev–Trinajstić information content (AvgIpc) is 2.78. The molecule has 0 radical (unpaired) electrons. The Kier molecular flexibility index (Phi) is 6.77. The monoisotopic (exact) mass is 485 g/mol. The van der Waals surface area contributed by atoms with Crippen LogP contribution in [-0.2, 0) is 16.2 Å². The van der Waals surface area contributed by atoms with E-state index in [1.165, 1.54) is 4.31 Å². The molecule has 0 aliphatic carbocycles. The van der Waals surface area contributed by atoms with Gasteiger partial charge in [0.15, 0.2) is 0 Å². The van der Waals surface area contributed by atoms with Gasteiger partial charge in [0.25, 0.3) is 5.91 Å². The second-order valence-electron chi connectivity index (χ2n) is 7.12. The van der Waals surface area contributed by atoms with Crippen molar-refractivity contribution in [2.24, 2.45) is 0 Å². The number of hydrogen-bond donors (Lipinski definition) is 0. The van der Waals surface area contributed by atoms with Crippen molar-refractivity contribution in [3.05, 3.63) is 72.1 Å². The predicted molar refractivity (Wildman–Crippen MR) is 115 cm³/mol. The zero-order valence-electron chi connectivity index (χ0n) is 16.6. The number of sulfonamides is 1. The summed E-state index contributed by atoms with van der Waals surface area (Å²) >= 11 is 0. The number of alkyl halides is 3. The van der Waals surface area contributed by atoms with Crippen molar-refractivity contribution in [1.29, 1.82) is 0 Å². The van der Waals surface area contributed by atoms with Gasteiger partial charge >= 0.3 is 6.18 Å². The molecule has 11 heteroatoms. The average molecular weight is 486 g/mol. The molecule has 0 atom stereocenters. The molecule has 1 aliphatic rings. The van der Waals surface area contributed by atoms with Crippen LogP contribution in [0.15, 0.2) is 65.8 Å². The molecule has 4 rings (SSSR count). The number of halogens is 4. The normalized spacial score (nSPS) is 15.4. The Morgan fingerprint density at radius 3 is 2.22 bits per heavy atom. The molecule has 1 aliphatic heterocycles. The molecule has 2 aromatic carbocycles. The largest absolute Gasteiger partial charge is 0.416 e. The Labute approximate surface area is 189 Å². The van der Waals surface area contributed by atoms with Crippen LogP contribution in [0.2, 0.25) is 0 Å². The lowest BCUT2D eigenvalue weighted by Gasteiger charge is -2.34. The molecular formula is C21H19ClF3N3O3S. The molecular weight excluding hydrogens is 467 g/mol. The van der Waals surface area contributed by atoms with Gasteiger partial charge in [0, 0.05) is 49.5 Å². The van der Waals surface area contributed by atoms with Crippen LogP contribution >= 0.6 is 12.4 Å². The summed E-state index contributed by atoms with van der Waals surface area (Å²) in [7, 11) is -3.95. The second-order valence-corrected chi connectivity index (χ2v) is 9.06. The van der Waals surface area contributed by atoms with Gasteiger partial charge in [-0.3, -0.25) is 9.78 Å². The highest BCUT2D eigenvalue weighted by molar-refractivity contribution is 7.89. The molecule has 0 N–H and O–H groups in total. The number of pyridine rings is 1. The lowest BCUT2D eigenvalue weighted by molar-refractivity contribution is -0.137. The number of hydrogen-bond acceptors (Lipinski definition) is 4. The van der Waals surface area contributed by atoms with Crippen molar-refractivity contribution in [3.8, 4) is 0 Å². The molecule has 170 valence electrons. The van der Waals surface area contributed by atoms with Crippen molar-refractivity contribution in [2.75, 3.05) is 26.2 Å². The van der Waals surface area contributed by atoms with Crippen LogP contribution < -0.4 is 0 Å². The minimum absolute atomic E-state index is 0. The molecule has 0 unspecified atom stereocenters. The SMILES string of the molecule is Cl.O=C(c1cccc2ccncc12)N1CCN(S(=O)(=O)c2ccc(C(F)(F)F)cc2)CC1. The Morgan fingerprint density at radius 2 is 1.59 bits per heavy atom. The molecule has 6 nitrogen and oxygen atoms in total. The summed E-state index contributed by atoms with van der Waals surface area (Å²) in [6.45, 7) is 0.459. The maximum atomic E-state index is 13.0. The lowest BCUT2D eigenvalue weighted by atomic mass is 10.1. The maximum absolute atomic E-state index is 13.0. The summed E-state index contributed by atoms with van der Waals surface area (Å²) < 4.78 is 65.0. The fourth-order valence-corrected chi connectivity index (χ4v) is 4.99. The van der Waals surface area contributed by atoms with Gasteiger partial charge in [0.2, 0.25) is 10.0 Å². The van der Waals surface area contributed by atoms with Crippen molar-refractivity contribution in [2.45, 2.75) is 11.1 Å². The fraction of sp³-hybridized carbons (Fsp3) is 0.238. The van der Waals surface area contributed by atoms with E-state index in [9.17, 15) is 26.4 Å². The van der Waals surface area contributed by atoms with Gasteiger partial charge in [-0.25, -0.2) is 8.42 Å². The topological polar surface area (TPSA) is 70.6 Å². The smallest absolute Gasteiger partial charge is 0.336 e. The highest BCUT2D eigenvalue weighted by atomic mass is 35.5. The fourth-order valence-electron chi connectivity index (χ4n) is 3.57. The van der Waals surface area contributed by atoms with Crippen LogP contribution in [0.1, 0.15) is 15.9 Å². The van der Waals surface area contributed by atoms with E-state index >= 15 is 0 Å². The Balaban J connectivity index is 0.00000289. The van der Waals surface area contributed by atoms with E-state index in [0.29, 0.717) is 5.56 Å². The molecule has 0 spiro atoms. The minimum Gasteiger partial charge on any atom is -0.336 e. The van der Waals surface area contributed by atoms with E-state index in [1.807, 2.05) is 6.07 Å². The molecule has 1 aromatic heterocycles. The number of amides is 1. The number of aromatic nitrogens is 1. The van der Waals surface area contributed by atoms with Gasteiger partial charge in [-0.15, -0.1) is 12.4 Å². The third-order valence-electron chi connectivity index (χ3n) is 5.26. The molecule has 0 bridgehead atoms. The molecule has 2 heterocycles. The first-order valence-electron chi connectivity index (χ1n) is 9.47. The molecule has 1 amide bonds.